The van der Waals surface area contributed by atoms with Crippen molar-refractivity contribution in [1.82, 2.24) is 15.4 Å². The number of aromatic hydroxyl groups is 1. The summed E-state index contributed by atoms with van der Waals surface area (Å²) >= 11 is 1.12. The first-order valence-electron chi connectivity index (χ1n) is 6.82. The van der Waals surface area contributed by atoms with E-state index in [1.807, 2.05) is 0 Å². The number of ether oxygens (including phenoxy) is 2. The summed E-state index contributed by atoms with van der Waals surface area (Å²) in [6.45, 7) is 0. The van der Waals surface area contributed by atoms with Gasteiger partial charge in [0.05, 0.1) is 32.3 Å². The first-order valence-corrected chi connectivity index (χ1v) is 7.80. The Kier molecular flexibility index (Phi) is 6.38. The highest BCUT2D eigenvalue weighted by molar-refractivity contribution is 7.99. The molecule has 2 aromatic rings. The molecule has 2 N–H and O–H groups in total. The van der Waals surface area contributed by atoms with Gasteiger partial charge in [-0.1, -0.05) is 23.9 Å². The number of rotatable bonds is 7. The number of benzene rings is 1. The third kappa shape index (κ3) is 5.13. The number of hydrazone groups is 1. The normalized spacial score (nSPS) is 10.6. The highest BCUT2D eigenvalue weighted by atomic mass is 32.2. The summed E-state index contributed by atoms with van der Waals surface area (Å²) in [5.41, 5.74) is 2.87. The summed E-state index contributed by atoms with van der Waals surface area (Å²) in [4.78, 5) is 20.0. The number of hydrogen-bond donors (Lipinski definition) is 2. The van der Waals surface area contributed by atoms with E-state index in [4.69, 9.17) is 9.47 Å². The minimum atomic E-state index is -0.336. The van der Waals surface area contributed by atoms with Crippen molar-refractivity contribution in [2.75, 3.05) is 20.0 Å². The third-order valence-corrected chi connectivity index (χ3v) is 3.59. The zero-order valence-corrected chi connectivity index (χ0v) is 13.9. The molecular formula is C15H16N4O4S. The molecule has 0 saturated heterocycles. The molecule has 1 aromatic carbocycles. The van der Waals surface area contributed by atoms with Gasteiger partial charge in [0, 0.05) is 5.56 Å². The number of amides is 1. The Balaban J connectivity index is 1.88. The van der Waals surface area contributed by atoms with E-state index >= 15 is 0 Å². The average Bonchev–Trinajstić information content (AvgIpc) is 2.61. The van der Waals surface area contributed by atoms with Gasteiger partial charge in [0.2, 0.25) is 11.8 Å². The number of carbonyl (C=O) groups is 1. The summed E-state index contributed by atoms with van der Waals surface area (Å²) in [7, 11) is 2.97. The van der Waals surface area contributed by atoms with E-state index in [1.165, 1.54) is 26.5 Å². The lowest BCUT2D eigenvalue weighted by molar-refractivity contribution is -0.118. The van der Waals surface area contributed by atoms with E-state index < -0.39 is 0 Å². The molecular weight excluding hydrogens is 332 g/mol. The molecule has 0 saturated carbocycles. The molecule has 0 unspecified atom stereocenters. The molecule has 1 amide bonds. The summed E-state index contributed by atoms with van der Waals surface area (Å²) < 4.78 is 10.1. The number of aromatic nitrogens is 2. The quantitative estimate of drug-likeness (QED) is 0.337. The minimum Gasteiger partial charge on any atom is -0.507 e. The lowest BCUT2D eigenvalue weighted by Crippen LogP contribution is -2.19. The van der Waals surface area contributed by atoms with Crippen molar-refractivity contribution in [2.24, 2.45) is 5.10 Å². The average molecular weight is 348 g/mol. The van der Waals surface area contributed by atoms with Crippen molar-refractivity contribution in [3.05, 3.63) is 35.9 Å². The van der Waals surface area contributed by atoms with Crippen LogP contribution in [0.3, 0.4) is 0 Å². The fourth-order valence-corrected chi connectivity index (χ4v) is 2.22. The fourth-order valence-electron chi connectivity index (χ4n) is 1.59. The minimum absolute atomic E-state index is 0.0639. The maximum absolute atomic E-state index is 11.8. The summed E-state index contributed by atoms with van der Waals surface area (Å²) in [6.07, 6.45) is 1.36. The van der Waals surface area contributed by atoms with Gasteiger partial charge in [-0.3, -0.25) is 4.79 Å². The van der Waals surface area contributed by atoms with Gasteiger partial charge >= 0.3 is 0 Å². The van der Waals surface area contributed by atoms with Crippen LogP contribution in [0.5, 0.6) is 17.5 Å². The molecule has 0 aliphatic heterocycles. The molecule has 0 radical (unpaired) electrons. The van der Waals surface area contributed by atoms with Gasteiger partial charge in [0.25, 0.3) is 5.91 Å². The molecule has 24 heavy (non-hydrogen) atoms. The number of carbonyl (C=O) groups excluding carboxylic acids is 1. The number of para-hydroxylation sites is 1. The molecule has 0 atom stereocenters. The molecule has 2 rings (SSSR count). The number of phenols is 1. The summed E-state index contributed by atoms with van der Waals surface area (Å²) in [5.74, 6) is 0.512. The van der Waals surface area contributed by atoms with Gasteiger partial charge in [0.1, 0.15) is 5.75 Å². The van der Waals surface area contributed by atoms with Crippen molar-refractivity contribution in [3.63, 3.8) is 0 Å². The second-order valence-corrected chi connectivity index (χ2v) is 5.32. The Morgan fingerprint density at radius 2 is 1.96 bits per heavy atom. The SMILES string of the molecule is COc1cc(OC)nc(SCC(=O)N/N=C/c2ccccc2O)n1. The zero-order valence-electron chi connectivity index (χ0n) is 13.1. The Bertz CT molecular complexity index is 717. The van der Waals surface area contributed by atoms with Gasteiger partial charge in [-0.15, -0.1) is 0 Å². The van der Waals surface area contributed by atoms with Crippen LogP contribution in [0.2, 0.25) is 0 Å². The third-order valence-electron chi connectivity index (χ3n) is 2.74. The van der Waals surface area contributed by atoms with Gasteiger partial charge < -0.3 is 14.6 Å². The molecule has 0 aliphatic rings. The van der Waals surface area contributed by atoms with Gasteiger partial charge in [0.15, 0.2) is 5.16 Å². The molecule has 126 valence electrons. The first-order chi connectivity index (χ1) is 11.6. The van der Waals surface area contributed by atoms with E-state index in [0.29, 0.717) is 22.5 Å². The smallest absolute Gasteiger partial charge is 0.250 e. The molecule has 8 nitrogen and oxygen atoms in total. The predicted molar refractivity (Wildman–Crippen MR) is 89.7 cm³/mol. The highest BCUT2D eigenvalue weighted by Crippen LogP contribution is 2.21. The Morgan fingerprint density at radius 1 is 1.29 bits per heavy atom. The van der Waals surface area contributed by atoms with Crippen LogP contribution in [-0.2, 0) is 4.79 Å². The second-order valence-electron chi connectivity index (χ2n) is 4.38. The summed E-state index contributed by atoms with van der Waals surface area (Å²) in [6, 6.07) is 8.21. The molecule has 1 heterocycles. The Hall–Kier alpha value is -2.81. The largest absolute Gasteiger partial charge is 0.507 e. The monoisotopic (exact) mass is 348 g/mol. The van der Waals surface area contributed by atoms with Gasteiger partial charge in [-0.2, -0.15) is 15.1 Å². The number of hydrogen-bond acceptors (Lipinski definition) is 8. The van der Waals surface area contributed by atoms with Crippen LogP contribution in [0, 0.1) is 0 Å². The van der Waals surface area contributed by atoms with Crippen molar-refractivity contribution < 1.29 is 19.4 Å². The van der Waals surface area contributed by atoms with Crippen molar-refractivity contribution in [1.29, 1.82) is 0 Å². The van der Waals surface area contributed by atoms with E-state index in [1.54, 1.807) is 24.3 Å². The highest BCUT2D eigenvalue weighted by Gasteiger charge is 2.08. The van der Waals surface area contributed by atoms with Gasteiger partial charge in [-0.05, 0) is 12.1 Å². The number of thioether (sulfide) groups is 1. The molecule has 0 aliphatic carbocycles. The molecule has 0 bridgehead atoms. The van der Waals surface area contributed by atoms with Crippen LogP contribution in [0.25, 0.3) is 0 Å². The van der Waals surface area contributed by atoms with E-state index in [-0.39, 0.29) is 17.4 Å². The molecule has 0 spiro atoms. The maximum atomic E-state index is 11.8. The second kappa shape index (κ2) is 8.73. The van der Waals surface area contributed by atoms with E-state index in [0.717, 1.165) is 11.8 Å². The van der Waals surface area contributed by atoms with E-state index in [9.17, 15) is 9.90 Å². The van der Waals surface area contributed by atoms with Crippen LogP contribution in [0.4, 0.5) is 0 Å². The van der Waals surface area contributed by atoms with E-state index in [2.05, 4.69) is 20.5 Å². The van der Waals surface area contributed by atoms with Crippen molar-refractivity contribution >= 4 is 23.9 Å². The van der Waals surface area contributed by atoms with Crippen LogP contribution in [0.15, 0.2) is 40.6 Å². The Labute approximate surface area is 142 Å². The predicted octanol–water partition coefficient (Wildman–Crippen LogP) is 1.44. The van der Waals surface area contributed by atoms with Crippen LogP contribution in [-0.4, -0.2) is 47.2 Å². The number of methoxy groups -OCH3 is 2. The Morgan fingerprint density at radius 3 is 2.58 bits per heavy atom. The maximum Gasteiger partial charge on any atom is 0.250 e. The van der Waals surface area contributed by atoms with Crippen LogP contribution >= 0.6 is 11.8 Å². The molecule has 1 aromatic heterocycles. The summed E-state index contributed by atoms with van der Waals surface area (Å²) in [5, 5.41) is 13.7. The van der Waals surface area contributed by atoms with Crippen molar-refractivity contribution in [2.45, 2.75) is 5.16 Å². The standard InChI is InChI=1S/C15H16N4O4S/c1-22-13-7-14(23-2)18-15(17-13)24-9-12(21)19-16-8-10-5-3-4-6-11(10)20/h3-8,20H,9H2,1-2H3,(H,19,21)/b16-8+. The number of phenolic OH excluding ortho intramolecular Hbond substituents is 1. The number of nitrogens with zero attached hydrogens (tertiary/aromatic N) is 3. The molecule has 9 heteroatoms. The first kappa shape index (κ1) is 17.5. The topological polar surface area (TPSA) is 106 Å². The van der Waals surface area contributed by atoms with Crippen LogP contribution in [0.1, 0.15) is 5.56 Å². The molecule has 0 fully saturated rings. The lowest BCUT2D eigenvalue weighted by atomic mass is 10.2. The zero-order chi connectivity index (χ0) is 17.4. The van der Waals surface area contributed by atoms with Crippen LogP contribution < -0.4 is 14.9 Å². The fraction of sp³-hybridized carbons (Fsp3) is 0.200. The lowest BCUT2D eigenvalue weighted by Gasteiger charge is -2.05. The van der Waals surface area contributed by atoms with Crippen molar-refractivity contribution in [3.8, 4) is 17.5 Å². The van der Waals surface area contributed by atoms with Gasteiger partial charge in [-0.25, -0.2) is 5.43 Å². The number of nitrogens with one attached hydrogen (secondary N) is 1.